The van der Waals surface area contributed by atoms with E-state index in [1.54, 1.807) is 18.2 Å². The zero-order chi connectivity index (χ0) is 13.3. The first-order chi connectivity index (χ1) is 8.41. The lowest BCUT2D eigenvalue weighted by Crippen LogP contribution is -2.49. The fourth-order valence-corrected chi connectivity index (χ4v) is 3.48. The molecule has 7 heteroatoms. The van der Waals surface area contributed by atoms with Crippen LogP contribution >= 0.6 is 15.9 Å². The van der Waals surface area contributed by atoms with E-state index >= 15 is 0 Å². The number of carbonyl (C=O) groups is 1. The fourth-order valence-electron chi connectivity index (χ4n) is 1.75. The highest BCUT2D eigenvalue weighted by Crippen LogP contribution is 2.22. The van der Waals surface area contributed by atoms with E-state index in [-0.39, 0.29) is 17.3 Å². The minimum absolute atomic E-state index is 0.114. The monoisotopic (exact) mass is 332 g/mol. The fraction of sp³-hybridized carbons (Fsp3) is 0.364. The molecular formula is C11H13BrN2O3S. The number of benzene rings is 1. The predicted molar refractivity (Wildman–Crippen MR) is 70.6 cm³/mol. The number of halogens is 1. The molecule has 0 aromatic heterocycles. The molecule has 18 heavy (non-hydrogen) atoms. The van der Waals surface area contributed by atoms with Gasteiger partial charge < -0.3 is 5.32 Å². The van der Waals surface area contributed by atoms with Crippen LogP contribution in [0.15, 0.2) is 27.6 Å². The van der Waals surface area contributed by atoms with Gasteiger partial charge in [-0.05, 0) is 30.7 Å². The predicted octanol–water partition coefficient (Wildman–Crippen LogP) is 0.878. The number of nitrogens with zero attached hydrogens (tertiary/aromatic N) is 1. The number of rotatable bonds is 2. The van der Waals surface area contributed by atoms with Crippen LogP contribution in [0, 0.1) is 6.92 Å². The van der Waals surface area contributed by atoms with Crippen molar-refractivity contribution >= 4 is 31.9 Å². The molecule has 1 heterocycles. The minimum Gasteiger partial charge on any atom is -0.354 e. The quantitative estimate of drug-likeness (QED) is 0.874. The van der Waals surface area contributed by atoms with Gasteiger partial charge in [0.05, 0.1) is 11.4 Å². The van der Waals surface area contributed by atoms with Crippen molar-refractivity contribution in [3.8, 4) is 0 Å². The molecule has 5 nitrogen and oxygen atoms in total. The smallest absolute Gasteiger partial charge is 0.243 e. The summed E-state index contributed by atoms with van der Waals surface area (Å²) in [6.07, 6.45) is 0. The van der Waals surface area contributed by atoms with Crippen molar-refractivity contribution in [1.82, 2.24) is 9.62 Å². The largest absolute Gasteiger partial charge is 0.354 e. The summed E-state index contributed by atoms with van der Waals surface area (Å²) in [4.78, 5) is 11.5. The molecule has 0 aliphatic carbocycles. The number of sulfonamides is 1. The van der Waals surface area contributed by atoms with Crippen LogP contribution in [0.1, 0.15) is 5.56 Å². The second kappa shape index (κ2) is 4.99. The van der Waals surface area contributed by atoms with Gasteiger partial charge in [-0.3, -0.25) is 4.79 Å². The summed E-state index contributed by atoms with van der Waals surface area (Å²) in [5.74, 6) is -0.265. The molecule has 1 amide bonds. The van der Waals surface area contributed by atoms with Gasteiger partial charge in [0, 0.05) is 17.6 Å². The van der Waals surface area contributed by atoms with E-state index in [0.29, 0.717) is 13.1 Å². The lowest BCUT2D eigenvalue weighted by molar-refractivity contribution is -0.122. The second-order valence-corrected chi connectivity index (χ2v) is 6.89. The SMILES string of the molecule is Cc1cc(S(=O)(=O)N2CCNC(=O)C2)ccc1Br. The first-order valence-corrected chi connectivity index (χ1v) is 7.67. The highest BCUT2D eigenvalue weighted by Gasteiger charge is 2.29. The van der Waals surface area contributed by atoms with Gasteiger partial charge >= 0.3 is 0 Å². The van der Waals surface area contributed by atoms with Crippen molar-refractivity contribution in [3.05, 3.63) is 28.2 Å². The molecule has 1 aromatic rings. The van der Waals surface area contributed by atoms with Gasteiger partial charge in [0.2, 0.25) is 15.9 Å². The van der Waals surface area contributed by atoms with Crippen LogP contribution in [0.2, 0.25) is 0 Å². The summed E-state index contributed by atoms with van der Waals surface area (Å²) in [5, 5.41) is 2.60. The van der Waals surface area contributed by atoms with Crippen LogP contribution in [-0.2, 0) is 14.8 Å². The molecule has 2 rings (SSSR count). The van der Waals surface area contributed by atoms with Crippen LogP contribution in [0.4, 0.5) is 0 Å². The molecule has 0 spiro atoms. The van der Waals surface area contributed by atoms with Crippen molar-refractivity contribution in [1.29, 1.82) is 0 Å². The summed E-state index contributed by atoms with van der Waals surface area (Å²) in [5.41, 5.74) is 0.845. The number of hydrogen-bond acceptors (Lipinski definition) is 3. The molecule has 1 aromatic carbocycles. The molecule has 0 saturated carbocycles. The van der Waals surface area contributed by atoms with Crippen LogP contribution in [-0.4, -0.2) is 38.3 Å². The van der Waals surface area contributed by atoms with E-state index in [2.05, 4.69) is 21.2 Å². The third-order valence-electron chi connectivity index (χ3n) is 2.77. The van der Waals surface area contributed by atoms with Gasteiger partial charge in [0.25, 0.3) is 0 Å². The van der Waals surface area contributed by atoms with Crippen LogP contribution in [0.25, 0.3) is 0 Å². The third kappa shape index (κ3) is 2.57. The van der Waals surface area contributed by atoms with E-state index in [1.807, 2.05) is 6.92 Å². The maximum absolute atomic E-state index is 12.3. The Morgan fingerprint density at radius 3 is 2.72 bits per heavy atom. The van der Waals surface area contributed by atoms with Gasteiger partial charge in [-0.15, -0.1) is 0 Å². The first-order valence-electron chi connectivity index (χ1n) is 5.44. The van der Waals surface area contributed by atoms with Crippen molar-refractivity contribution in [2.45, 2.75) is 11.8 Å². The molecule has 0 unspecified atom stereocenters. The summed E-state index contributed by atoms with van der Waals surface area (Å²) >= 11 is 3.33. The van der Waals surface area contributed by atoms with Crippen molar-refractivity contribution in [2.75, 3.05) is 19.6 Å². The van der Waals surface area contributed by atoms with Gasteiger partial charge in [-0.25, -0.2) is 8.42 Å². The highest BCUT2D eigenvalue weighted by molar-refractivity contribution is 9.10. The van der Waals surface area contributed by atoms with Crippen molar-refractivity contribution in [2.24, 2.45) is 0 Å². The molecule has 0 atom stereocenters. The number of aryl methyl sites for hydroxylation is 1. The Morgan fingerprint density at radius 1 is 1.39 bits per heavy atom. The molecule has 0 bridgehead atoms. The Hall–Kier alpha value is -0.920. The average molecular weight is 333 g/mol. The topological polar surface area (TPSA) is 66.5 Å². The first kappa shape index (κ1) is 13.5. The van der Waals surface area contributed by atoms with Gasteiger partial charge in [0.1, 0.15) is 0 Å². The third-order valence-corrected chi connectivity index (χ3v) is 5.50. The van der Waals surface area contributed by atoms with E-state index in [0.717, 1.165) is 10.0 Å². The summed E-state index contributed by atoms with van der Waals surface area (Å²) in [6.45, 7) is 2.38. The number of hydrogen-bond donors (Lipinski definition) is 1. The standard InChI is InChI=1S/C11H13BrN2O3S/c1-8-6-9(2-3-10(8)12)18(16,17)14-5-4-13-11(15)7-14/h2-3,6H,4-5,7H2,1H3,(H,13,15). The maximum Gasteiger partial charge on any atom is 0.243 e. The van der Waals surface area contributed by atoms with Crippen LogP contribution in [0.3, 0.4) is 0 Å². The average Bonchev–Trinajstić information content (AvgIpc) is 2.32. The Morgan fingerprint density at radius 2 is 2.11 bits per heavy atom. The number of carbonyl (C=O) groups excluding carboxylic acids is 1. The minimum atomic E-state index is -3.58. The second-order valence-electron chi connectivity index (χ2n) is 4.10. The van der Waals surface area contributed by atoms with Crippen molar-refractivity contribution < 1.29 is 13.2 Å². The number of nitrogens with one attached hydrogen (secondary N) is 1. The molecular weight excluding hydrogens is 320 g/mol. The van der Waals surface area contributed by atoms with E-state index in [9.17, 15) is 13.2 Å². The van der Waals surface area contributed by atoms with E-state index < -0.39 is 10.0 Å². The van der Waals surface area contributed by atoms with E-state index in [4.69, 9.17) is 0 Å². The summed E-state index contributed by atoms with van der Waals surface area (Å²) < 4.78 is 26.7. The Kier molecular flexibility index (Phi) is 3.74. The number of piperazine rings is 1. The van der Waals surface area contributed by atoms with Gasteiger partial charge in [-0.2, -0.15) is 4.31 Å². The summed E-state index contributed by atoms with van der Waals surface area (Å²) in [6, 6.07) is 4.84. The Bertz CT molecular complexity index is 586. The maximum atomic E-state index is 12.3. The lowest BCUT2D eigenvalue weighted by atomic mass is 10.2. The molecule has 1 fully saturated rings. The van der Waals surface area contributed by atoms with E-state index in [1.165, 1.54) is 4.31 Å². The molecule has 98 valence electrons. The molecule has 1 aliphatic rings. The number of amides is 1. The van der Waals surface area contributed by atoms with Crippen LogP contribution < -0.4 is 5.32 Å². The normalized spacial score (nSPS) is 17.6. The summed E-state index contributed by atoms with van der Waals surface area (Å²) in [7, 11) is -3.58. The highest BCUT2D eigenvalue weighted by atomic mass is 79.9. The lowest BCUT2D eigenvalue weighted by Gasteiger charge is -2.26. The molecule has 0 radical (unpaired) electrons. The Balaban J connectivity index is 2.35. The zero-order valence-corrected chi connectivity index (χ0v) is 12.2. The molecule has 1 N–H and O–H groups in total. The van der Waals surface area contributed by atoms with Crippen molar-refractivity contribution in [3.63, 3.8) is 0 Å². The zero-order valence-electron chi connectivity index (χ0n) is 9.81. The van der Waals surface area contributed by atoms with Gasteiger partial charge in [-0.1, -0.05) is 15.9 Å². The Labute approximate surface area is 114 Å². The molecule has 1 saturated heterocycles. The van der Waals surface area contributed by atoms with Gasteiger partial charge in [0.15, 0.2) is 0 Å². The van der Waals surface area contributed by atoms with Crippen LogP contribution in [0.5, 0.6) is 0 Å². The molecule has 1 aliphatic heterocycles.